The first-order valence-corrected chi connectivity index (χ1v) is 7.96. The van der Waals surface area contributed by atoms with Crippen molar-refractivity contribution in [1.29, 1.82) is 0 Å². The number of ether oxygens (including phenoxy) is 1. The lowest BCUT2D eigenvalue weighted by atomic mass is 9.79. The molecule has 18 heavy (non-hydrogen) atoms. The average molecular weight is 252 g/mol. The van der Waals surface area contributed by atoms with Crippen molar-refractivity contribution < 1.29 is 9.53 Å². The van der Waals surface area contributed by atoms with Gasteiger partial charge in [0, 0.05) is 12.3 Å². The van der Waals surface area contributed by atoms with E-state index in [9.17, 15) is 4.79 Å². The molecule has 1 saturated carbocycles. The van der Waals surface area contributed by atoms with Crippen molar-refractivity contribution in [1.82, 2.24) is 0 Å². The quantitative estimate of drug-likeness (QED) is 0.735. The first kappa shape index (κ1) is 14.0. The van der Waals surface area contributed by atoms with Gasteiger partial charge in [0.25, 0.3) is 0 Å². The molecule has 1 aliphatic carbocycles. The zero-order valence-electron chi connectivity index (χ0n) is 12.0. The van der Waals surface area contributed by atoms with Gasteiger partial charge in [-0.05, 0) is 31.6 Å². The van der Waals surface area contributed by atoms with Gasteiger partial charge in [-0.25, -0.2) is 0 Å². The maximum Gasteiger partial charge on any atom is 0.138 e. The van der Waals surface area contributed by atoms with Crippen molar-refractivity contribution >= 4 is 5.78 Å². The summed E-state index contributed by atoms with van der Waals surface area (Å²) in [4.78, 5) is 12.5. The molecule has 0 amide bonds. The van der Waals surface area contributed by atoms with Crippen molar-refractivity contribution in [3.63, 3.8) is 0 Å². The predicted molar refractivity (Wildman–Crippen MR) is 73.5 cm³/mol. The van der Waals surface area contributed by atoms with Crippen LogP contribution in [0.25, 0.3) is 0 Å². The minimum absolute atomic E-state index is 0.211. The van der Waals surface area contributed by atoms with E-state index in [0.29, 0.717) is 17.8 Å². The van der Waals surface area contributed by atoms with Crippen LogP contribution in [0.3, 0.4) is 0 Å². The molecule has 0 radical (unpaired) electrons. The predicted octanol–water partition coefficient (Wildman–Crippen LogP) is 4.12. The molecule has 2 aliphatic rings. The second kappa shape index (κ2) is 6.70. The van der Waals surface area contributed by atoms with Gasteiger partial charge in [-0.2, -0.15) is 0 Å². The first-order valence-electron chi connectivity index (χ1n) is 7.96. The number of fused-ring (bicyclic) bond motifs is 1. The molecular weight excluding hydrogens is 224 g/mol. The molecule has 0 aromatic rings. The molecule has 2 heteroatoms. The van der Waals surface area contributed by atoms with Crippen molar-refractivity contribution in [2.45, 2.75) is 83.8 Å². The standard InChI is InChI=1S/C16H28O2/c1-3-5-10-13(17)16-12-9-7-6-8-11-15(12)18-14(16)4-2/h12,14-16H,3-11H2,1-2H3/t12-,14+,15-,16-/m0/s1. The van der Waals surface area contributed by atoms with E-state index in [4.69, 9.17) is 4.74 Å². The Bertz CT molecular complexity index is 274. The fourth-order valence-corrected chi connectivity index (χ4v) is 3.78. The zero-order valence-corrected chi connectivity index (χ0v) is 12.0. The van der Waals surface area contributed by atoms with Crippen molar-refractivity contribution in [2.75, 3.05) is 0 Å². The third kappa shape index (κ3) is 2.96. The van der Waals surface area contributed by atoms with Gasteiger partial charge in [0.15, 0.2) is 0 Å². The van der Waals surface area contributed by atoms with E-state index in [0.717, 1.165) is 25.7 Å². The minimum atomic E-state index is 0.211. The number of ketones is 1. The molecule has 2 nitrogen and oxygen atoms in total. The van der Waals surface area contributed by atoms with Gasteiger partial charge in [-0.1, -0.05) is 39.5 Å². The van der Waals surface area contributed by atoms with E-state index in [2.05, 4.69) is 13.8 Å². The highest BCUT2D eigenvalue weighted by Crippen LogP contribution is 2.42. The van der Waals surface area contributed by atoms with E-state index < -0.39 is 0 Å². The van der Waals surface area contributed by atoms with Gasteiger partial charge in [-0.15, -0.1) is 0 Å². The Morgan fingerprint density at radius 1 is 1.17 bits per heavy atom. The summed E-state index contributed by atoms with van der Waals surface area (Å²) >= 11 is 0. The molecule has 4 atom stereocenters. The molecule has 104 valence electrons. The molecule has 2 fully saturated rings. The van der Waals surface area contributed by atoms with Gasteiger partial charge in [0.05, 0.1) is 12.2 Å². The van der Waals surface area contributed by atoms with Crippen molar-refractivity contribution in [3.05, 3.63) is 0 Å². The largest absolute Gasteiger partial charge is 0.374 e. The van der Waals surface area contributed by atoms with Crippen molar-refractivity contribution in [2.24, 2.45) is 11.8 Å². The normalized spacial score (nSPS) is 36.1. The van der Waals surface area contributed by atoms with Crippen LogP contribution in [0.4, 0.5) is 0 Å². The summed E-state index contributed by atoms with van der Waals surface area (Å²) in [5, 5.41) is 0. The Morgan fingerprint density at radius 2 is 1.94 bits per heavy atom. The Balaban J connectivity index is 2.05. The maximum atomic E-state index is 12.5. The second-order valence-corrected chi connectivity index (χ2v) is 6.02. The van der Waals surface area contributed by atoms with E-state index >= 15 is 0 Å². The van der Waals surface area contributed by atoms with Gasteiger partial charge in [0.2, 0.25) is 0 Å². The molecule has 0 bridgehead atoms. The van der Waals surface area contributed by atoms with Crippen LogP contribution in [0.2, 0.25) is 0 Å². The minimum Gasteiger partial charge on any atom is -0.374 e. The number of Topliss-reactive ketones (excluding diaryl/α,β-unsaturated/α-hetero) is 1. The van der Waals surface area contributed by atoms with E-state index in [1.807, 2.05) is 0 Å². The van der Waals surface area contributed by atoms with Crippen LogP contribution in [0.5, 0.6) is 0 Å². The number of rotatable bonds is 5. The molecule has 0 unspecified atom stereocenters. The maximum absolute atomic E-state index is 12.5. The van der Waals surface area contributed by atoms with E-state index in [-0.39, 0.29) is 12.0 Å². The number of hydrogen-bond acceptors (Lipinski definition) is 2. The van der Waals surface area contributed by atoms with Crippen LogP contribution >= 0.6 is 0 Å². The van der Waals surface area contributed by atoms with Gasteiger partial charge in [0.1, 0.15) is 5.78 Å². The molecule has 0 aromatic carbocycles. The van der Waals surface area contributed by atoms with Gasteiger partial charge >= 0.3 is 0 Å². The Morgan fingerprint density at radius 3 is 2.67 bits per heavy atom. The zero-order chi connectivity index (χ0) is 13.0. The van der Waals surface area contributed by atoms with E-state index in [1.165, 1.54) is 32.1 Å². The topological polar surface area (TPSA) is 26.3 Å². The van der Waals surface area contributed by atoms with Crippen LogP contribution in [0.1, 0.15) is 71.6 Å². The average Bonchev–Trinajstić information content (AvgIpc) is 2.58. The summed E-state index contributed by atoms with van der Waals surface area (Å²) in [6.07, 6.45) is 10.8. The fourth-order valence-electron chi connectivity index (χ4n) is 3.78. The molecule has 2 rings (SSSR count). The lowest BCUT2D eigenvalue weighted by Gasteiger charge is -2.21. The monoisotopic (exact) mass is 252 g/mol. The van der Waals surface area contributed by atoms with Crippen LogP contribution < -0.4 is 0 Å². The molecular formula is C16H28O2. The lowest BCUT2D eigenvalue weighted by Crippen LogP contribution is -2.29. The van der Waals surface area contributed by atoms with Crippen molar-refractivity contribution in [3.8, 4) is 0 Å². The van der Waals surface area contributed by atoms with Crippen LogP contribution in [0.15, 0.2) is 0 Å². The van der Waals surface area contributed by atoms with Gasteiger partial charge in [-0.3, -0.25) is 4.79 Å². The Hall–Kier alpha value is -0.370. The fraction of sp³-hybridized carbons (Fsp3) is 0.938. The molecule has 0 spiro atoms. The summed E-state index contributed by atoms with van der Waals surface area (Å²) in [6, 6.07) is 0. The second-order valence-electron chi connectivity index (χ2n) is 6.02. The molecule has 1 heterocycles. The molecule has 0 aromatic heterocycles. The lowest BCUT2D eigenvalue weighted by molar-refractivity contribution is -0.125. The van der Waals surface area contributed by atoms with Crippen LogP contribution in [-0.2, 0) is 9.53 Å². The molecule has 1 saturated heterocycles. The Labute approximate surface area is 111 Å². The summed E-state index contributed by atoms with van der Waals surface area (Å²) < 4.78 is 6.19. The number of carbonyl (C=O) groups excluding carboxylic acids is 1. The molecule has 0 N–H and O–H groups in total. The smallest absolute Gasteiger partial charge is 0.138 e. The number of hydrogen-bond donors (Lipinski definition) is 0. The summed E-state index contributed by atoms with van der Waals surface area (Å²) in [7, 11) is 0. The Kier molecular flexibility index (Phi) is 5.23. The van der Waals surface area contributed by atoms with Crippen LogP contribution in [0, 0.1) is 11.8 Å². The molecule has 1 aliphatic heterocycles. The highest BCUT2D eigenvalue weighted by molar-refractivity contribution is 5.82. The summed E-state index contributed by atoms with van der Waals surface area (Å²) in [5.41, 5.74) is 0. The summed E-state index contributed by atoms with van der Waals surface area (Å²) in [6.45, 7) is 4.32. The number of carbonyl (C=O) groups is 1. The third-order valence-electron chi connectivity index (χ3n) is 4.77. The highest BCUT2D eigenvalue weighted by Gasteiger charge is 2.46. The summed E-state index contributed by atoms with van der Waals surface area (Å²) in [5.74, 6) is 1.23. The third-order valence-corrected chi connectivity index (χ3v) is 4.77. The van der Waals surface area contributed by atoms with Crippen LogP contribution in [-0.4, -0.2) is 18.0 Å². The highest BCUT2D eigenvalue weighted by atomic mass is 16.5. The SMILES string of the molecule is CCCCC(=O)[C@@H]1[C@H]2CCCCC[C@@H]2O[C@@H]1CC. The van der Waals surface area contributed by atoms with E-state index in [1.54, 1.807) is 0 Å². The first-order chi connectivity index (χ1) is 8.77. The number of unbranched alkanes of at least 4 members (excludes halogenated alkanes) is 1. The van der Waals surface area contributed by atoms with Gasteiger partial charge < -0.3 is 4.74 Å².